The smallest absolute Gasteiger partial charge is 0.309 e. The molecule has 6 aliphatic rings. The Balaban J connectivity index is 1.29. The highest BCUT2D eigenvalue weighted by molar-refractivity contribution is 5.74. The number of hydrogen-bond donors (Lipinski definition) is 4. The topological polar surface area (TPSA) is 116 Å². The monoisotopic (exact) mass is 666 g/mol. The molecule has 1 aromatic rings. The Morgan fingerprint density at radius 3 is 2.12 bits per heavy atom. The van der Waals surface area contributed by atoms with Crippen molar-refractivity contribution in [1.29, 1.82) is 0 Å². The lowest BCUT2D eigenvalue weighted by Crippen LogP contribution is -2.77. The number of carboxylic acid groups (broad SMARTS) is 1. The molecule has 2 bridgehead atoms. The van der Waals surface area contributed by atoms with Crippen molar-refractivity contribution in [1.82, 2.24) is 0 Å². The second-order valence-corrected chi connectivity index (χ2v) is 18.9. The third-order valence-corrected chi connectivity index (χ3v) is 17.7. The van der Waals surface area contributed by atoms with E-state index in [1.165, 1.54) is 5.56 Å². The summed E-state index contributed by atoms with van der Waals surface area (Å²) in [6.07, 6.45) is 8.48. The molecule has 5 saturated carbocycles. The van der Waals surface area contributed by atoms with E-state index in [2.05, 4.69) is 58.9 Å². The maximum Gasteiger partial charge on any atom is 0.309 e. The Hall–Kier alpha value is -1.51. The van der Waals surface area contributed by atoms with E-state index in [-0.39, 0.29) is 47.2 Å². The number of aliphatic hydroxyl groups excluding tert-OH is 2. The molecule has 4 N–H and O–H groups in total. The van der Waals surface area contributed by atoms with E-state index >= 15 is 0 Å². The molecule has 13 atom stereocenters. The van der Waals surface area contributed by atoms with Crippen LogP contribution in [0.4, 0.5) is 0 Å². The summed E-state index contributed by atoms with van der Waals surface area (Å²) >= 11 is 0. The Morgan fingerprint density at radius 2 is 1.48 bits per heavy atom. The van der Waals surface area contributed by atoms with Crippen molar-refractivity contribution in [3.8, 4) is 0 Å². The fourth-order valence-corrected chi connectivity index (χ4v) is 14.5. The largest absolute Gasteiger partial charge is 0.481 e. The van der Waals surface area contributed by atoms with Crippen LogP contribution in [-0.4, -0.2) is 64.7 Å². The molecule has 6 fully saturated rings. The number of methoxy groups -OCH3 is 1. The maximum atomic E-state index is 12.6. The van der Waals surface area contributed by atoms with Crippen molar-refractivity contribution in [2.45, 2.75) is 137 Å². The Bertz CT molecular complexity index is 1430. The van der Waals surface area contributed by atoms with Crippen LogP contribution in [0.5, 0.6) is 0 Å². The number of ether oxygens (including phenoxy) is 2. The molecule has 1 aromatic carbocycles. The van der Waals surface area contributed by atoms with Crippen molar-refractivity contribution < 1.29 is 34.7 Å². The summed E-state index contributed by atoms with van der Waals surface area (Å²) in [7, 11) is 1.72. The minimum Gasteiger partial charge on any atom is -0.481 e. The molecule has 0 unspecified atom stereocenters. The minimum atomic E-state index is -1.44. The van der Waals surface area contributed by atoms with Gasteiger partial charge in [0, 0.05) is 30.3 Å². The van der Waals surface area contributed by atoms with Gasteiger partial charge in [0.15, 0.2) is 5.79 Å². The molecule has 1 saturated heterocycles. The first-order valence-electron chi connectivity index (χ1n) is 18.9. The molecule has 268 valence electrons. The Kier molecular flexibility index (Phi) is 8.00. The zero-order valence-electron chi connectivity index (χ0n) is 30.6. The molecule has 7 nitrogen and oxygen atoms in total. The number of carbonyl (C=O) groups is 1. The molecule has 0 aromatic heterocycles. The van der Waals surface area contributed by atoms with Crippen LogP contribution in [0.15, 0.2) is 24.3 Å². The predicted molar refractivity (Wildman–Crippen MR) is 184 cm³/mol. The maximum absolute atomic E-state index is 12.6. The second-order valence-electron chi connectivity index (χ2n) is 18.9. The van der Waals surface area contributed by atoms with Gasteiger partial charge in [-0.3, -0.25) is 4.79 Å². The lowest BCUT2D eigenvalue weighted by atomic mass is 9.26. The van der Waals surface area contributed by atoms with Gasteiger partial charge >= 0.3 is 5.97 Å². The molecule has 5 aliphatic carbocycles. The zero-order valence-corrected chi connectivity index (χ0v) is 30.6. The summed E-state index contributed by atoms with van der Waals surface area (Å²) in [6, 6.07) is 8.62. The van der Waals surface area contributed by atoms with E-state index in [1.54, 1.807) is 7.11 Å². The van der Waals surface area contributed by atoms with E-state index in [9.17, 15) is 25.2 Å². The average Bonchev–Trinajstić information content (AvgIpc) is 3.18. The lowest BCUT2D eigenvalue weighted by molar-refractivity contribution is -0.333. The second kappa shape index (κ2) is 11.0. The van der Waals surface area contributed by atoms with Gasteiger partial charge in [-0.2, -0.15) is 0 Å². The van der Waals surface area contributed by atoms with E-state index in [4.69, 9.17) is 9.47 Å². The van der Waals surface area contributed by atoms with Gasteiger partial charge in [-0.25, -0.2) is 0 Å². The van der Waals surface area contributed by atoms with Crippen LogP contribution < -0.4 is 0 Å². The first-order valence-corrected chi connectivity index (χ1v) is 18.9. The van der Waals surface area contributed by atoms with Crippen molar-refractivity contribution in [3.63, 3.8) is 0 Å². The van der Waals surface area contributed by atoms with E-state index in [0.717, 1.165) is 69.8 Å². The predicted octanol–water partition coefficient (Wildman–Crippen LogP) is 6.79. The molecule has 48 heavy (non-hydrogen) atoms. The summed E-state index contributed by atoms with van der Waals surface area (Å²) in [5.41, 5.74) is -0.188. The SMILES string of the molecule is COCCc1ccc(C[C@@H]2O[C@@]3(O)C[C@H](O)[C@]4(CO)[C@]2(CC[C@H]2[C@]5(C)CC[C@]6(C)CC[C@@](C)(C(=O)O)C[C@H]6[C@]5(C)CC[C@]24C)[C@@H]3C)cc1. The van der Waals surface area contributed by atoms with Gasteiger partial charge in [-0.05, 0) is 122 Å². The van der Waals surface area contributed by atoms with Crippen molar-refractivity contribution >= 4 is 5.97 Å². The number of aliphatic hydroxyl groups is 3. The van der Waals surface area contributed by atoms with Gasteiger partial charge in [-0.1, -0.05) is 58.9 Å². The van der Waals surface area contributed by atoms with Crippen LogP contribution in [0, 0.1) is 55.7 Å². The number of rotatable bonds is 7. The normalized spacial score (nSPS) is 52.5. The van der Waals surface area contributed by atoms with Gasteiger partial charge in [0.1, 0.15) is 0 Å². The van der Waals surface area contributed by atoms with Gasteiger partial charge < -0.3 is 29.9 Å². The molecule has 0 radical (unpaired) electrons. The highest BCUT2D eigenvalue weighted by Gasteiger charge is 2.83. The first kappa shape index (κ1) is 34.9. The molecule has 7 heteroatoms. The summed E-state index contributed by atoms with van der Waals surface area (Å²) in [5.74, 6) is -1.79. The molecule has 1 heterocycles. The third-order valence-electron chi connectivity index (χ3n) is 17.7. The van der Waals surface area contributed by atoms with Crippen molar-refractivity contribution in [2.75, 3.05) is 20.3 Å². The fourth-order valence-electron chi connectivity index (χ4n) is 14.5. The fraction of sp³-hybridized carbons (Fsp3) is 0.829. The highest BCUT2D eigenvalue weighted by Crippen LogP contribution is 2.83. The number of benzene rings is 1. The van der Waals surface area contributed by atoms with Crippen LogP contribution >= 0.6 is 0 Å². The minimum absolute atomic E-state index is 0.0510. The molecule has 1 aliphatic heterocycles. The van der Waals surface area contributed by atoms with Crippen LogP contribution in [0.25, 0.3) is 0 Å². The van der Waals surface area contributed by atoms with Gasteiger partial charge in [0.05, 0.1) is 30.8 Å². The standard InChI is InChI=1S/C41H62O7/c1-26-39-14-12-29-36(4)18-17-34(2)15-16-35(3,33(44)45)23-30(34)37(36,5)19-20-38(29,6)40(39,25-42)31(43)24-41(26,46)48-32(39)22-28-10-8-27(9-11-28)13-21-47-7/h8-11,26,29-32,42-43,46H,12-25H2,1-7H3,(H,44,45)/t26-,29-,30+,31-,32-,34-,35+,36-,37-,38+,39+,40-,41-/m0/s1. The first-order chi connectivity index (χ1) is 22.5. The van der Waals surface area contributed by atoms with E-state index in [1.807, 2.05) is 6.92 Å². The molecular weight excluding hydrogens is 604 g/mol. The number of fused-ring (bicyclic) bond motifs is 7. The lowest BCUT2D eigenvalue weighted by Gasteiger charge is -2.78. The van der Waals surface area contributed by atoms with Crippen molar-refractivity contribution in [3.05, 3.63) is 35.4 Å². The van der Waals surface area contributed by atoms with Crippen LogP contribution in [0.2, 0.25) is 0 Å². The number of carboxylic acids is 1. The van der Waals surface area contributed by atoms with Crippen LogP contribution in [0.3, 0.4) is 0 Å². The summed E-state index contributed by atoms with van der Waals surface area (Å²) in [6.45, 7) is 14.4. The molecule has 7 rings (SSSR count). The zero-order chi connectivity index (χ0) is 34.8. The molecule has 1 spiro atoms. The number of hydrogen-bond acceptors (Lipinski definition) is 6. The van der Waals surface area contributed by atoms with Crippen LogP contribution in [0.1, 0.15) is 117 Å². The average molecular weight is 667 g/mol. The summed E-state index contributed by atoms with van der Waals surface area (Å²) < 4.78 is 12.0. The quantitative estimate of drug-likeness (QED) is 0.253. The number of aliphatic carboxylic acids is 1. The van der Waals surface area contributed by atoms with Crippen molar-refractivity contribution in [2.24, 2.45) is 55.7 Å². The van der Waals surface area contributed by atoms with E-state index < -0.39 is 39.5 Å². The Labute approximate surface area is 288 Å². The van der Waals surface area contributed by atoms with Gasteiger partial charge in [0.2, 0.25) is 0 Å². The van der Waals surface area contributed by atoms with E-state index in [0.29, 0.717) is 18.9 Å². The summed E-state index contributed by atoms with van der Waals surface area (Å²) in [4.78, 5) is 12.6. The highest BCUT2D eigenvalue weighted by atomic mass is 16.6. The third kappa shape index (κ3) is 4.14. The molecular formula is C41H62O7. The molecule has 0 amide bonds. The Morgan fingerprint density at radius 1 is 0.875 bits per heavy atom. The summed E-state index contributed by atoms with van der Waals surface area (Å²) in [5, 5.41) is 46.8. The van der Waals surface area contributed by atoms with Gasteiger partial charge in [0.25, 0.3) is 0 Å². The van der Waals surface area contributed by atoms with Gasteiger partial charge in [-0.15, -0.1) is 0 Å². The van der Waals surface area contributed by atoms with Crippen LogP contribution in [-0.2, 0) is 27.1 Å².